The fourth-order valence-electron chi connectivity index (χ4n) is 2.73. The van der Waals surface area contributed by atoms with Crippen LogP contribution in [0.15, 0.2) is 42.6 Å². The average molecular weight is 330 g/mol. The molecule has 23 heavy (non-hydrogen) atoms. The fraction of sp³-hybridized carbons (Fsp3) is 0.333. The van der Waals surface area contributed by atoms with Crippen LogP contribution in [0.2, 0.25) is 5.02 Å². The molecule has 1 aromatic heterocycles. The smallest absolute Gasteiger partial charge is 0.272 e. The van der Waals surface area contributed by atoms with Crippen LogP contribution < -0.4 is 5.32 Å². The number of anilines is 2. The van der Waals surface area contributed by atoms with Crippen molar-refractivity contribution in [1.82, 2.24) is 9.88 Å². The van der Waals surface area contributed by atoms with Crippen LogP contribution in [-0.2, 0) is 0 Å². The van der Waals surface area contributed by atoms with Gasteiger partial charge in [0.15, 0.2) is 0 Å². The zero-order valence-corrected chi connectivity index (χ0v) is 13.7. The highest BCUT2D eigenvalue weighted by atomic mass is 35.5. The van der Waals surface area contributed by atoms with Crippen LogP contribution >= 0.6 is 11.6 Å². The molecule has 1 amide bonds. The summed E-state index contributed by atoms with van der Waals surface area (Å²) in [5.41, 5.74) is 2.29. The van der Waals surface area contributed by atoms with Gasteiger partial charge >= 0.3 is 0 Å². The van der Waals surface area contributed by atoms with Gasteiger partial charge in [-0.2, -0.15) is 0 Å². The van der Waals surface area contributed by atoms with Crippen molar-refractivity contribution in [1.29, 1.82) is 0 Å². The Morgan fingerprint density at radius 1 is 0.957 bits per heavy atom. The first kappa shape index (κ1) is 15.8. The van der Waals surface area contributed by atoms with Gasteiger partial charge in [0.25, 0.3) is 5.91 Å². The van der Waals surface area contributed by atoms with Gasteiger partial charge in [-0.1, -0.05) is 24.4 Å². The molecule has 0 atom stereocenters. The van der Waals surface area contributed by atoms with Crippen molar-refractivity contribution in [3.8, 4) is 0 Å². The van der Waals surface area contributed by atoms with Gasteiger partial charge in [0, 0.05) is 23.8 Å². The molecule has 1 aliphatic heterocycles. The van der Waals surface area contributed by atoms with E-state index in [1.807, 2.05) is 35.2 Å². The number of rotatable bonds is 3. The van der Waals surface area contributed by atoms with E-state index in [-0.39, 0.29) is 5.91 Å². The Morgan fingerprint density at radius 3 is 2.22 bits per heavy atom. The van der Waals surface area contributed by atoms with Gasteiger partial charge in [0.05, 0.1) is 11.9 Å². The number of hydrogen-bond donors (Lipinski definition) is 1. The first-order valence-corrected chi connectivity index (χ1v) is 8.38. The molecule has 3 rings (SSSR count). The van der Waals surface area contributed by atoms with Gasteiger partial charge in [-0.25, -0.2) is 4.98 Å². The Morgan fingerprint density at radius 2 is 1.61 bits per heavy atom. The van der Waals surface area contributed by atoms with Gasteiger partial charge in [0.2, 0.25) is 0 Å². The van der Waals surface area contributed by atoms with Crippen molar-refractivity contribution in [2.24, 2.45) is 0 Å². The summed E-state index contributed by atoms with van der Waals surface area (Å²) < 4.78 is 0. The number of nitrogens with one attached hydrogen (secondary N) is 1. The van der Waals surface area contributed by atoms with Crippen LogP contribution in [0.5, 0.6) is 0 Å². The maximum absolute atomic E-state index is 12.5. The second-order valence-corrected chi connectivity index (χ2v) is 6.21. The van der Waals surface area contributed by atoms with Crippen molar-refractivity contribution >= 4 is 28.9 Å². The average Bonchev–Trinajstić information content (AvgIpc) is 2.86. The molecular formula is C18H20ClN3O. The molecule has 120 valence electrons. The summed E-state index contributed by atoms with van der Waals surface area (Å²) >= 11 is 5.87. The number of pyridine rings is 1. The maximum Gasteiger partial charge on any atom is 0.272 e. The predicted octanol–water partition coefficient (Wildman–Crippen LogP) is 4.49. The maximum atomic E-state index is 12.5. The van der Waals surface area contributed by atoms with E-state index in [1.165, 1.54) is 12.8 Å². The molecule has 1 N–H and O–H groups in total. The molecule has 0 bridgehead atoms. The molecule has 1 aromatic carbocycles. The molecule has 1 aliphatic rings. The van der Waals surface area contributed by atoms with Gasteiger partial charge in [-0.3, -0.25) is 4.79 Å². The van der Waals surface area contributed by atoms with E-state index in [4.69, 9.17) is 11.6 Å². The predicted molar refractivity (Wildman–Crippen MR) is 93.3 cm³/mol. The summed E-state index contributed by atoms with van der Waals surface area (Å²) in [7, 11) is 0. The number of halogens is 1. The van der Waals surface area contributed by atoms with E-state index in [0.29, 0.717) is 10.7 Å². The van der Waals surface area contributed by atoms with Gasteiger partial charge in [-0.05, 0) is 49.2 Å². The van der Waals surface area contributed by atoms with E-state index in [0.717, 1.165) is 37.3 Å². The highest BCUT2D eigenvalue weighted by Gasteiger charge is 2.18. The Hall–Kier alpha value is -2.07. The van der Waals surface area contributed by atoms with Gasteiger partial charge in [0.1, 0.15) is 5.69 Å². The van der Waals surface area contributed by atoms with Crippen LogP contribution in [0.4, 0.5) is 11.4 Å². The first-order valence-electron chi connectivity index (χ1n) is 8.00. The number of nitrogens with zero attached hydrogens (tertiary/aromatic N) is 2. The molecule has 0 saturated carbocycles. The van der Waals surface area contributed by atoms with E-state index in [1.54, 1.807) is 12.3 Å². The lowest BCUT2D eigenvalue weighted by molar-refractivity contribution is 0.0756. The summed E-state index contributed by atoms with van der Waals surface area (Å²) in [6.07, 6.45) is 6.28. The molecule has 2 heterocycles. The third kappa shape index (κ3) is 4.23. The molecule has 4 nitrogen and oxygen atoms in total. The molecule has 0 radical (unpaired) electrons. The van der Waals surface area contributed by atoms with Crippen LogP contribution in [-0.4, -0.2) is 28.9 Å². The van der Waals surface area contributed by atoms with Gasteiger partial charge < -0.3 is 10.2 Å². The fourth-order valence-corrected chi connectivity index (χ4v) is 2.86. The molecule has 0 spiro atoms. The SMILES string of the molecule is O=C(c1ccc(Nc2ccc(Cl)cc2)cn1)N1CCCCCC1. The Labute approximate surface area is 141 Å². The summed E-state index contributed by atoms with van der Waals surface area (Å²) in [5, 5.41) is 3.94. The number of amides is 1. The summed E-state index contributed by atoms with van der Waals surface area (Å²) in [6.45, 7) is 1.68. The highest BCUT2D eigenvalue weighted by Crippen LogP contribution is 2.19. The number of hydrogen-bond acceptors (Lipinski definition) is 3. The Kier molecular flexibility index (Phi) is 5.13. The normalized spacial score (nSPS) is 15.1. The first-order chi connectivity index (χ1) is 11.2. The lowest BCUT2D eigenvalue weighted by atomic mass is 10.2. The second kappa shape index (κ2) is 7.47. The molecule has 0 aliphatic carbocycles. The monoisotopic (exact) mass is 329 g/mol. The molecule has 1 fully saturated rings. The molecule has 2 aromatic rings. The van der Waals surface area contributed by atoms with Crippen molar-refractivity contribution < 1.29 is 4.79 Å². The third-order valence-corrected chi connectivity index (χ3v) is 4.26. The van der Waals surface area contributed by atoms with Crippen molar-refractivity contribution in [2.45, 2.75) is 25.7 Å². The lowest BCUT2D eigenvalue weighted by Gasteiger charge is -2.19. The van der Waals surface area contributed by atoms with E-state index in [9.17, 15) is 4.79 Å². The van der Waals surface area contributed by atoms with E-state index < -0.39 is 0 Å². The number of likely N-dealkylation sites (tertiary alicyclic amines) is 1. The lowest BCUT2D eigenvalue weighted by Crippen LogP contribution is -2.32. The molecular weight excluding hydrogens is 310 g/mol. The molecule has 0 unspecified atom stereocenters. The van der Waals surface area contributed by atoms with E-state index >= 15 is 0 Å². The van der Waals surface area contributed by atoms with Crippen molar-refractivity contribution in [3.63, 3.8) is 0 Å². The highest BCUT2D eigenvalue weighted by molar-refractivity contribution is 6.30. The topological polar surface area (TPSA) is 45.2 Å². The number of carbonyl (C=O) groups is 1. The molecule has 1 saturated heterocycles. The minimum atomic E-state index is 0.0324. The third-order valence-electron chi connectivity index (χ3n) is 4.01. The zero-order chi connectivity index (χ0) is 16.1. The zero-order valence-electron chi connectivity index (χ0n) is 13.0. The van der Waals surface area contributed by atoms with Gasteiger partial charge in [-0.15, -0.1) is 0 Å². The standard InChI is InChI=1S/C18H20ClN3O/c19-14-5-7-15(8-6-14)21-16-9-10-17(20-13-16)18(23)22-11-3-1-2-4-12-22/h5-10,13,21H,1-4,11-12H2. The number of aromatic nitrogens is 1. The second-order valence-electron chi connectivity index (χ2n) is 5.77. The summed E-state index contributed by atoms with van der Waals surface area (Å²) in [6, 6.07) is 11.1. The Bertz CT molecular complexity index is 647. The minimum Gasteiger partial charge on any atom is -0.354 e. The summed E-state index contributed by atoms with van der Waals surface area (Å²) in [4.78, 5) is 18.7. The van der Waals surface area contributed by atoms with Crippen molar-refractivity contribution in [2.75, 3.05) is 18.4 Å². The van der Waals surface area contributed by atoms with Crippen LogP contribution in [0.1, 0.15) is 36.2 Å². The van der Waals surface area contributed by atoms with Crippen LogP contribution in [0.25, 0.3) is 0 Å². The van der Waals surface area contributed by atoms with Crippen LogP contribution in [0.3, 0.4) is 0 Å². The number of benzene rings is 1. The quantitative estimate of drug-likeness (QED) is 0.902. The minimum absolute atomic E-state index is 0.0324. The number of carbonyl (C=O) groups excluding carboxylic acids is 1. The van der Waals surface area contributed by atoms with Crippen LogP contribution in [0, 0.1) is 0 Å². The van der Waals surface area contributed by atoms with Crippen molar-refractivity contribution in [3.05, 3.63) is 53.3 Å². The Balaban J connectivity index is 1.66. The summed E-state index contributed by atoms with van der Waals surface area (Å²) in [5.74, 6) is 0.0324. The van der Waals surface area contributed by atoms with E-state index in [2.05, 4.69) is 10.3 Å². The molecule has 5 heteroatoms. The largest absolute Gasteiger partial charge is 0.354 e.